The number of thiophene rings is 1. The lowest BCUT2D eigenvalue weighted by molar-refractivity contribution is 0.0868. The smallest absolute Gasteiger partial charge is 0.214 e. The normalized spacial score (nSPS) is 20.8. The molecule has 25 heavy (non-hydrogen) atoms. The Hall–Kier alpha value is -0.630. The fourth-order valence-electron chi connectivity index (χ4n) is 3.63. The number of nitrogens with zero attached hydrogens (tertiary/aromatic N) is 2. The number of sulfonamides is 1. The minimum atomic E-state index is -3.11. The second-order valence-corrected chi connectivity index (χ2v) is 10.5. The molecule has 0 N–H and O–H groups in total. The third-order valence-electron chi connectivity index (χ3n) is 5.17. The van der Waals surface area contributed by atoms with Crippen LogP contribution in [0.15, 0.2) is 6.07 Å². The van der Waals surface area contributed by atoms with Crippen LogP contribution < -0.4 is 4.74 Å². The van der Waals surface area contributed by atoms with Gasteiger partial charge in [-0.15, -0.1) is 11.3 Å². The Balaban J connectivity index is 1.60. The Kier molecular flexibility index (Phi) is 6.08. The highest BCUT2D eigenvalue weighted by Gasteiger charge is 2.29. The molecule has 0 unspecified atom stereocenters. The molecule has 0 aliphatic carbocycles. The summed E-state index contributed by atoms with van der Waals surface area (Å²) in [5.41, 5.74) is 1.27. The van der Waals surface area contributed by atoms with Gasteiger partial charge in [0.05, 0.1) is 5.75 Å². The minimum Gasteiger partial charge on any atom is -0.481 e. The fourth-order valence-corrected chi connectivity index (χ4v) is 6.32. The average molecular weight is 387 g/mol. The topological polar surface area (TPSA) is 49.9 Å². The molecule has 2 aliphatic heterocycles. The van der Waals surface area contributed by atoms with Gasteiger partial charge in [0, 0.05) is 37.1 Å². The molecule has 0 aromatic carbocycles. The van der Waals surface area contributed by atoms with E-state index in [2.05, 4.69) is 24.8 Å². The molecule has 1 fully saturated rings. The monoisotopic (exact) mass is 386 g/mol. The van der Waals surface area contributed by atoms with E-state index in [0.717, 1.165) is 42.3 Å². The molecular weight excluding hydrogens is 356 g/mol. The summed E-state index contributed by atoms with van der Waals surface area (Å²) in [5, 5.41) is 0.961. The first-order chi connectivity index (χ1) is 11.9. The number of piperidine rings is 1. The maximum Gasteiger partial charge on any atom is 0.214 e. The highest BCUT2D eigenvalue weighted by molar-refractivity contribution is 7.89. The zero-order chi connectivity index (χ0) is 18.0. The molecule has 2 aliphatic rings. The Labute approximate surface area is 156 Å². The van der Waals surface area contributed by atoms with E-state index in [1.165, 1.54) is 5.56 Å². The van der Waals surface area contributed by atoms with E-state index in [4.69, 9.17) is 4.74 Å². The van der Waals surface area contributed by atoms with E-state index in [1.54, 1.807) is 15.6 Å². The zero-order valence-electron chi connectivity index (χ0n) is 15.5. The summed E-state index contributed by atoms with van der Waals surface area (Å²) in [7, 11) is -3.11. The summed E-state index contributed by atoms with van der Waals surface area (Å²) < 4.78 is 32.5. The Bertz CT molecular complexity index is 676. The van der Waals surface area contributed by atoms with Crippen molar-refractivity contribution in [2.75, 3.05) is 25.4 Å². The molecule has 0 bridgehead atoms. The van der Waals surface area contributed by atoms with Gasteiger partial charge in [0.1, 0.15) is 6.10 Å². The second kappa shape index (κ2) is 7.94. The first-order valence-corrected chi connectivity index (χ1v) is 11.8. The van der Waals surface area contributed by atoms with Gasteiger partial charge in [0.2, 0.25) is 10.0 Å². The molecule has 0 spiro atoms. The molecule has 3 heterocycles. The van der Waals surface area contributed by atoms with E-state index in [-0.39, 0.29) is 11.9 Å². The van der Waals surface area contributed by atoms with Crippen LogP contribution in [0.3, 0.4) is 0 Å². The van der Waals surface area contributed by atoms with E-state index in [9.17, 15) is 8.42 Å². The summed E-state index contributed by atoms with van der Waals surface area (Å²) in [5.74, 6) is 0.242. The van der Waals surface area contributed by atoms with E-state index in [0.29, 0.717) is 25.6 Å². The molecular formula is C18H30N2O3S2. The van der Waals surface area contributed by atoms with Crippen molar-refractivity contribution in [3.05, 3.63) is 16.5 Å². The number of rotatable bonds is 6. The molecule has 0 amide bonds. The number of hydrogen-bond acceptors (Lipinski definition) is 5. The Morgan fingerprint density at radius 2 is 2.00 bits per heavy atom. The first kappa shape index (κ1) is 19.1. The van der Waals surface area contributed by atoms with Gasteiger partial charge in [-0.1, -0.05) is 6.92 Å². The van der Waals surface area contributed by atoms with Crippen LogP contribution in [-0.4, -0.2) is 55.2 Å². The van der Waals surface area contributed by atoms with Crippen molar-refractivity contribution in [1.82, 2.24) is 9.21 Å². The second-order valence-electron chi connectivity index (χ2n) is 7.36. The van der Waals surface area contributed by atoms with Gasteiger partial charge in [-0.3, -0.25) is 0 Å². The summed E-state index contributed by atoms with van der Waals surface area (Å²) >= 11 is 1.63. The molecule has 3 rings (SSSR count). The molecule has 0 atom stereocenters. The predicted molar refractivity (Wildman–Crippen MR) is 103 cm³/mol. The standard InChI is InChI=1S/C18H30N2O3S2/c1-4-11-25(21,22)20-10-5-15-12-18(24-17(15)13-20)23-16-6-8-19(9-7-16)14(2)3/h12,14,16H,4-11,13H2,1-3H3. The third kappa shape index (κ3) is 4.56. The fraction of sp³-hybridized carbons (Fsp3) is 0.778. The number of ether oxygens (including phenoxy) is 1. The molecule has 142 valence electrons. The number of likely N-dealkylation sites (tertiary alicyclic amines) is 1. The highest BCUT2D eigenvalue weighted by atomic mass is 32.2. The highest BCUT2D eigenvalue weighted by Crippen LogP contribution is 2.35. The lowest BCUT2D eigenvalue weighted by Crippen LogP contribution is -2.41. The molecule has 1 saturated heterocycles. The lowest BCUT2D eigenvalue weighted by atomic mass is 10.1. The molecule has 0 radical (unpaired) electrons. The van der Waals surface area contributed by atoms with Crippen LogP contribution >= 0.6 is 11.3 Å². The third-order valence-corrected chi connectivity index (χ3v) is 8.25. The first-order valence-electron chi connectivity index (χ1n) is 9.39. The summed E-state index contributed by atoms with van der Waals surface area (Å²) in [6, 6.07) is 2.74. The van der Waals surface area contributed by atoms with Crippen LogP contribution in [0.1, 0.15) is 50.5 Å². The van der Waals surface area contributed by atoms with Crippen LogP contribution in [-0.2, 0) is 23.0 Å². The van der Waals surface area contributed by atoms with Gasteiger partial charge in [-0.2, -0.15) is 4.31 Å². The maximum atomic E-state index is 12.3. The van der Waals surface area contributed by atoms with Crippen molar-refractivity contribution in [3.8, 4) is 5.06 Å². The van der Waals surface area contributed by atoms with Crippen molar-refractivity contribution in [2.24, 2.45) is 0 Å². The zero-order valence-corrected chi connectivity index (χ0v) is 17.2. The largest absolute Gasteiger partial charge is 0.481 e. The van der Waals surface area contributed by atoms with E-state index < -0.39 is 10.0 Å². The van der Waals surface area contributed by atoms with Gasteiger partial charge >= 0.3 is 0 Å². The van der Waals surface area contributed by atoms with Gasteiger partial charge in [0.25, 0.3) is 0 Å². The number of fused-ring (bicyclic) bond motifs is 1. The number of hydrogen-bond donors (Lipinski definition) is 0. The summed E-state index contributed by atoms with van der Waals surface area (Å²) in [6.45, 7) is 9.69. The average Bonchev–Trinajstić information content (AvgIpc) is 2.96. The quantitative estimate of drug-likeness (QED) is 0.754. The van der Waals surface area contributed by atoms with Crippen LogP contribution in [0.4, 0.5) is 0 Å². The van der Waals surface area contributed by atoms with Gasteiger partial charge in [-0.25, -0.2) is 8.42 Å². The van der Waals surface area contributed by atoms with Crippen LogP contribution in [0.2, 0.25) is 0 Å². The maximum absolute atomic E-state index is 12.3. The van der Waals surface area contributed by atoms with Crippen molar-refractivity contribution in [3.63, 3.8) is 0 Å². The van der Waals surface area contributed by atoms with Crippen LogP contribution in [0.5, 0.6) is 5.06 Å². The van der Waals surface area contributed by atoms with Crippen molar-refractivity contribution >= 4 is 21.4 Å². The Morgan fingerprint density at radius 3 is 2.64 bits per heavy atom. The van der Waals surface area contributed by atoms with Crippen LogP contribution in [0, 0.1) is 0 Å². The molecule has 5 nitrogen and oxygen atoms in total. The van der Waals surface area contributed by atoms with Gasteiger partial charge in [0.15, 0.2) is 5.06 Å². The summed E-state index contributed by atoms with van der Waals surface area (Å²) in [4.78, 5) is 3.65. The van der Waals surface area contributed by atoms with Gasteiger partial charge < -0.3 is 9.64 Å². The lowest BCUT2D eigenvalue weighted by Gasteiger charge is -2.34. The molecule has 7 heteroatoms. The van der Waals surface area contributed by atoms with E-state index >= 15 is 0 Å². The molecule has 0 saturated carbocycles. The van der Waals surface area contributed by atoms with Crippen molar-refractivity contribution in [1.29, 1.82) is 0 Å². The van der Waals surface area contributed by atoms with Crippen LogP contribution in [0.25, 0.3) is 0 Å². The minimum absolute atomic E-state index is 0.242. The Morgan fingerprint density at radius 1 is 1.28 bits per heavy atom. The van der Waals surface area contributed by atoms with Crippen molar-refractivity contribution in [2.45, 2.75) is 65.1 Å². The van der Waals surface area contributed by atoms with Crippen molar-refractivity contribution < 1.29 is 13.2 Å². The van der Waals surface area contributed by atoms with Gasteiger partial charge in [-0.05, 0) is 51.2 Å². The SMILES string of the molecule is CCCS(=O)(=O)N1CCc2cc(OC3CCN(C(C)C)CC3)sc2C1. The van der Waals surface area contributed by atoms with E-state index in [1.807, 2.05) is 6.92 Å². The molecule has 1 aromatic rings. The molecule has 1 aromatic heterocycles. The summed E-state index contributed by atoms with van der Waals surface area (Å²) in [6.07, 6.45) is 3.88. The predicted octanol–water partition coefficient (Wildman–Crippen LogP) is 3.10.